The molecule has 8 nitrogen and oxygen atoms in total. The first-order valence-electron chi connectivity index (χ1n) is 9.87. The van der Waals surface area contributed by atoms with E-state index in [0.717, 1.165) is 16.8 Å². The molecular formula is C21H30N6O2. The topological polar surface area (TPSA) is 100 Å². The molecule has 2 heterocycles. The summed E-state index contributed by atoms with van der Waals surface area (Å²) in [5, 5.41) is 13.4. The van der Waals surface area contributed by atoms with Crippen LogP contribution in [0.2, 0.25) is 0 Å². The Labute approximate surface area is 171 Å². The third-order valence-corrected chi connectivity index (χ3v) is 5.07. The average molecular weight is 399 g/mol. The van der Waals surface area contributed by atoms with Crippen LogP contribution in [-0.2, 0) is 17.5 Å². The van der Waals surface area contributed by atoms with Gasteiger partial charge in [-0.05, 0) is 43.9 Å². The van der Waals surface area contributed by atoms with Crippen molar-refractivity contribution in [1.29, 1.82) is 0 Å². The fourth-order valence-electron chi connectivity index (χ4n) is 3.43. The first kappa shape index (κ1) is 20.9. The lowest BCUT2D eigenvalue weighted by Gasteiger charge is -2.21. The molecule has 1 aromatic carbocycles. The zero-order valence-corrected chi connectivity index (χ0v) is 17.9. The van der Waals surface area contributed by atoms with Gasteiger partial charge in [-0.2, -0.15) is 4.79 Å². The smallest absolute Gasteiger partial charge is 0.335 e. The van der Waals surface area contributed by atoms with Crippen LogP contribution in [0.3, 0.4) is 0 Å². The van der Waals surface area contributed by atoms with Gasteiger partial charge in [0.15, 0.2) is 5.82 Å². The number of benzene rings is 1. The Morgan fingerprint density at radius 2 is 1.86 bits per heavy atom. The van der Waals surface area contributed by atoms with Crippen molar-refractivity contribution >= 4 is 17.8 Å². The molecule has 0 unspecified atom stereocenters. The number of carbonyl (C=O) groups excluding carboxylic acids is 2. The first-order chi connectivity index (χ1) is 13.5. The van der Waals surface area contributed by atoms with Gasteiger partial charge in [0.05, 0.1) is 11.2 Å². The van der Waals surface area contributed by atoms with Crippen LogP contribution in [0.5, 0.6) is 0 Å². The van der Waals surface area contributed by atoms with E-state index in [2.05, 4.69) is 47.2 Å². The molecular weight excluding hydrogens is 368 g/mol. The normalized spacial score (nSPS) is 15.0. The lowest BCUT2D eigenvalue weighted by atomic mass is 9.87. The first-order valence-corrected chi connectivity index (χ1v) is 9.87. The number of carbonyl (C=O) groups is 2. The van der Waals surface area contributed by atoms with E-state index in [1.807, 2.05) is 45.0 Å². The molecule has 1 aliphatic rings. The second kappa shape index (κ2) is 7.51. The molecule has 0 fully saturated rings. The SMILES string of the molecule is CCNC(=O)Nn1nc(NC(=O)c2ccc(C(C)(C)C)cc2)c2c1C(C)(C)NC2. The summed E-state index contributed by atoms with van der Waals surface area (Å²) >= 11 is 0. The lowest BCUT2D eigenvalue weighted by molar-refractivity contribution is 0.102. The van der Waals surface area contributed by atoms with Crippen molar-refractivity contribution in [2.24, 2.45) is 0 Å². The second-order valence-electron chi connectivity index (χ2n) is 8.82. The number of amides is 3. The largest absolute Gasteiger partial charge is 0.337 e. The molecule has 8 heteroatoms. The predicted molar refractivity (Wildman–Crippen MR) is 114 cm³/mol. The minimum absolute atomic E-state index is 0.0244. The van der Waals surface area contributed by atoms with Crippen molar-refractivity contribution in [2.75, 3.05) is 17.3 Å². The quantitative estimate of drug-likeness (QED) is 0.636. The van der Waals surface area contributed by atoms with Gasteiger partial charge in [0, 0.05) is 24.2 Å². The molecule has 0 bridgehead atoms. The molecule has 3 rings (SSSR count). The molecule has 29 heavy (non-hydrogen) atoms. The predicted octanol–water partition coefficient (Wildman–Crippen LogP) is 3.04. The number of fused-ring (bicyclic) bond motifs is 1. The molecule has 1 aromatic heterocycles. The number of anilines is 1. The Balaban J connectivity index is 1.86. The van der Waals surface area contributed by atoms with Crippen molar-refractivity contribution in [1.82, 2.24) is 20.5 Å². The van der Waals surface area contributed by atoms with Gasteiger partial charge >= 0.3 is 6.03 Å². The Morgan fingerprint density at radius 3 is 2.45 bits per heavy atom. The maximum absolute atomic E-state index is 12.8. The van der Waals surface area contributed by atoms with Gasteiger partial charge in [0.2, 0.25) is 0 Å². The Hall–Kier alpha value is -2.87. The zero-order chi connectivity index (χ0) is 21.4. The van der Waals surface area contributed by atoms with Crippen molar-refractivity contribution in [2.45, 2.75) is 59.0 Å². The number of urea groups is 1. The van der Waals surface area contributed by atoms with Gasteiger partial charge in [-0.3, -0.25) is 4.79 Å². The number of hydrogen-bond acceptors (Lipinski definition) is 4. The molecule has 3 amide bonds. The second-order valence-corrected chi connectivity index (χ2v) is 8.82. The van der Waals surface area contributed by atoms with Crippen molar-refractivity contribution in [3.05, 3.63) is 46.6 Å². The molecule has 0 radical (unpaired) electrons. The van der Waals surface area contributed by atoms with Crippen molar-refractivity contribution in [3.8, 4) is 0 Å². The van der Waals surface area contributed by atoms with Gasteiger partial charge in [0.1, 0.15) is 0 Å². The minimum Gasteiger partial charge on any atom is -0.337 e. The Kier molecular flexibility index (Phi) is 5.40. The van der Waals surface area contributed by atoms with Crippen molar-refractivity contribution in [3.63, 3.8) is 0 Å². The monoisotopic (exact) mass is 398 g/mol. The summed E-state index contributed by atoms with van der Waals surface area (Å²) < 4.78 is 0. The molecule has 2 aromatic rings. The lowest BCUT2D eigenvalue weighted by Crippen LogP contribution is -2.39. The summed E-state index contributed by atoms with van der Waals surface area (Å²) in [6, 6.07) is 7.24. The highest BCUT2D eigenvalue weighted by atomic mass is 16.2. The fourth-order valence-corrected chi connectivity index (χ4v) is 3.43. The summed E-state index contributed by atoms with van der Waals surface area (Å²) in [7, 11) is 0. The number of nitrogens with one attached hydrogen (secondary N) is 4. The van der Waals surface area contributed by atoms with Crippen LogP contribution in [0.1, 0.15) is 68.7 Å². The molecule has 0 spiro atoms. The summed E-state index contributed by atoms with van der Waals surface area (Å²) in [6.45, 7) is 13.3. The van der Waals surface area contributed by atoms with E-state index in [-0.39, 0.29) is 22.9 Å². The Morgan fingerprint density at radius 1 is 1.21 bits per heavy atom. The molecule has 1 aliphatic heterocycles. The van der Waals surface area contributed by atoms with Gasteiger partial charge in [0.25, 0.3) is 5.91 Å². The summed E-state index contributed by atoms with van der Waals surface area (Å²) in [5.41, 5.74) is 5.77. The van der Waals surface area contributed by atoms with Gasteiger partial charge in [-0.15, -0.1) is 5.10 Å². The van der Waals surface area contributed by atoms with Gasteiger partial charge < -0.3 is 16.0 Å². The van der Waals surface area contributed by atoms with Gasteiger partial charge in [-0.1, -0.05) is 32.9 Å². The van der Waals surface area contributed by atoms with Gasteiger partial charge in [-0.25, -0.2) is 10.2 Å². The Bertz CT molecular complexity index is 922. The number of hydrogen-bond donors (Lipinski definition) is 4. The van der Waals surface area contributed by atoms with Crippen LogP contribution in [0.25, 0.3) is 0 Å². The standard InChI is InChI=1S/C21H30N6O2/c1-7-22-19(29)26-27-16-15(12-23-21(16,5)6)17(25-27)24-18(28)13-8-10-14(11-9-13)20(2,3)4/h8-11,23H,7,12H2,1-6H3,(H2,22,26,29)(H,24,25,28). The van der Waals surface area contributed by atoms with E-state index in [9.17, 15) is 9.59 Å². The number of nitrogens with zero attached hydrogens (tertiary/aromatic N) is 2. The van der Waals surface area contributed by atoms with Crippen LogP contribution in [-0.4, -0.2) is 28.4 Å². The molecule has 0 saturated heterocycles. The molecule has 0 atom stereocenters. The van der Waals surface area contributed by atoms with Crippen LogP contribution in [0, 0.1) is 0 Å². The zero-order valence-electron chi connectivity index (χ0n) is 17.9. The molecule has 0 aliphatic carbocycles. The maximum Gasteiger partial charge on any atom is 0.335 e. The number of rotatable bonds is 4. The van der Waals surface area contributed by atoms with E-state index in [1.54, 1.807) is 0 Å². The fraction of sp³-hybridized carbons (Fsp3) is 0.476. The molecule has 4 N–H and O–H groups in total. The molecule has 156 valence electrons. The van der Waals surface area contributed by atoms with Crippen LogP contribution < -0.4 is 21.4 Å². The summed E-state index contributed by atoms with van der Waals surface area (Å²) in [5.74, 6) is 0.209. The van der Waals surface area contributed by atoms with E-state index in [1.165, 1.54) is 4.79 Å². The van der Waals surface area contributed by atoms with E-state index < -0.39 is 0 Å². The minimum atomic E-state index is -0.390. The summed E-state index contributed by atoms with van der Waals surface area (Å²) in [4.78, 5) is 26.2. The average Bonchev–Trinajstić information content (AvgIpc) is 3.13. The molecule has 0 saturated carbocycles. The highest BCUT2D eigenvalue weighted by Crippen LogP contribution is 2.34. The van der Waals surface area contributed by atoms with Crippen LogP contribution in [0.15, 0.2) is 24.3 Å². The van der Waals surface area contributed by atoms with E-state index in [0.29, 0.717) is 24.5 Å². The maximum atomic E-state index is 12.8. The third kappa shape index (κ3) is 4.27. The van der Waals surface area contributed by atoms with Crippen molar-refractivity contribution < 1.29 is 9.59 Å². The number of aromatic nitrogens is 2. The van der Waals surface area contributed by atoms with E-state index in [4.69, 9.17) is 0 Å². The highest BCUT2D eigenvalue weighted by molar-refractivity contribution is 6.04. The summed E-state index contributed by atoms with van der Waals surface area (Å²) in [6.07, 6.45) is 0. The van der Waals surface area contributed by atoms with Crippen LogP contribution >= 0.6 is 0 Å². The van der Waals surface area contributed by atoms with Crippen LogP contribution in [0.4, 0.5) is 10.6 Å². The highest BCUT2D eigenvalue weighted by Gasteiger charge is 2.37. The van der Waals surface area contributed by atoms with E-state index >= 15 is 0 Å². The third-order valence-electron chi connectivity index (χ3n) is 5.07.